The summed E-state index contributed by atoms with van der Waals surface area (Å²) in [4.78, 5) is 17.1. The molecule has 3 aromatic rings. The van der Waals surface area contributed by atoms with Gasteiger partial charge in [0, 0.05) is 13.1 Å². The first-order valence-corrected chi connectivity index (χ1v) is 12.2. The molecule has 2 aromatic carbocycles. The van der Waals surface area contributed by atoms with Crippen LogP contribution in [0.5, 0.6) is 0 Å². The van der Waals surface area contributed by atoms with Gasteiger partial charge in [-0.05, 0) is 56.5 Å². The molecule has 1 unspecified atom stereocenters. The minimum absolute atomic E-state index is 0.0303. The van der Waals surface area contributed by atoms with Crippen LogP contribution in [0.3, 0.4) is 0 Å². The van der Waals surface area contributed by atoms with E-state index in [0.29, 0.717) is 24.2 Å². The van der Waals surface area contributed by atoms with Crippen molar-refractivity contribution < 1.29 is 26.7 Å². The molecule has 33 heavy (non-hydrogen) atoms. The first-order valence-electron chi connectivity index (χ1n) is 10.8. The van der Waals surface area contributed by atoms with Crippen molar-refractivity contribution in [2.45, 2.75) is 50.7 Å². The van der Waals surface area contributed by atoms with Gasteiger partial charge in [-0.15, -0.1) is 0 Å². The Labute approximate surface area is 191 Å². The van der Waals surface area contributed by atoms with E-state index in [-0.39, 0.29) is 21.8 Å². The first kappa shape index (κ1) is 23.3. The summed E-state index contributed by atoms with van der Waals surface area (Å²) >= 11 is 0. The molecule has 4 rings (SSSR count). The Hall–Kier alpha value is -2.85. The third kappa shape index (κ3) is 4.49. The summed E-state index contributed by atoms with van der Waals surface area (Å²) in [6, 6.07) is 10.7. The van der Waals surface area contributed by atoms with E-state index < -0.39 is 28.6 Å². The summed E-state index contributed by atoms with van der Waals surface area (Å²) < 4.78 is 61.3. The first-order chi connectivity index (χ1) is 15.7. The third-order valence-corrected chi connectivity index (χ3v) is 7.86. The predicted molar refractivity (Wildman–Crippen MR) is 119 cm³/mol. The van der Waals surface area contributed by atoms with E-state index in [9.17, 15) is 22.0 Å². The quantitative estimate of drug-likeness (QED) is 0.475. The number of benzene rings is 2. The summed E-state index contributed by atoms with van der Waals surface area (Å²) in [5.74, 6) is -0.904. The number of aryl methyl sites for hydroxylation is 1. The second-order valence-electron chi connectivity index (χ2n) is 8.10. The summed E-state index contributed by atoms with van der Waals surface area (Å²) in [6.07, 6.45) is 1.49. The SMILES string of the molecule is Cc1ccc(C(=O)OC(C)c2nc3ccccc3n2C(F)F)cc1S(=O)(=O)N1CCCCC1. The lowest BCUT2D eigenvalue weighted by Crippen LogP contribution is -2.36. The van der Waals surface area contributed by atoms with Gasteiger partial charge in [0.1, 0.15) is 0 Å². The van der Waals surface area contributed by atoms with Crippen LogP contribution in [0.4, 0.5) is 8.78 Å². The maximum absolute atomic E-state index is 13.7. The standard InChI is InChI=1S/C23H25F2N3O4S/c1-15-10-11-17(14-20(15)33(30,31)27-12-6-3-7-13-27)22(29)32-16(2)21-26-18-8-4-5-9-19(18)28(21)23(24)25/h4-5,8-11,14,16,23H,3,6-7,12-13H2,1-2H3. The maximum Gasteiger partial charge on any atom is 0.338 e. The highest BCUT2D eigenvalue weighted by Crippen LogP contribution is 2.29. The third-order valence-electron chi connectivity index (χ3n) is 5.82. The molecule has 7 nitrogen and oxygen atoms in total. The molecule has 1 aliphatic heterocycles. The molecule has 1 aliphatic rings. The number of rotatable bonds is 6. The Morgan fingerprint density at radius 2 is 1.79 bits per heavy atom. The fourth-order valence-electron chi connectivity index (χ4n) is 4.09. The van der Waals surface area contributed by atoms with Gasteiger partial charge in [-0.25, -0.2) is 18.2 Å². The van der Waals surface area contributed by atoms with Gasteiger partial charge in [0.2, 0.25) is 10.0 Å². The number of carbonyl (C=O) groups is 1. The van der Waals surface area contributed by atoms with Gasteiger partial charge in [-0.3, -0.25) is 4.57 Å². The zero-order chi connectivity index (χ0) is 23.8. The van der Waals surface area contributed by atoms with Gasteiger partial charge in [0.25, 0.3) is 0 Å². The van der Waals surface area contributed by atoms with Crippen molar-refractivity contribution in [2.24, 2.45) is 0 Å². The molecule has 0 N–H and O–H groups in total. The largest absolute Gasteiger partial charge is 0.451 e. The molecule has 2 heterocycles. The highest BCUT2D eigenvalue weighted by atomic mass is 32.2. The van der Waals surface area contributed by atoms with E-state index in [4.69, 9.17) is 4.74 Å². The van der Waals surface area contributed by atoms with Crippen molar-refractivity contribution in [3.05, 3.63) is 59.4 Å². The smallest absolute Gasteiger partial charge is 0.338 e. The Bertz CT molecular complexity index is 1280. The van der Waals surface area contributed by atoms with Crippen molar-refractivity contribution in [1.82, 2.24) is 13.9 Å². The fourth-order valence-corrected chi connectivity index (χ4v) is 5.85. The van der Waals surface area contributed by atoms with Crippen molar-refractivity contribution in [2.75, 3.05) is 13.1 Å². The molecule has 1 saturated heterocycles. The molecule has 1 atom stereocenters. The van der Waals surface area contributed by atoms with Crippen LogP contribution in [0.2, 0.25) is 0 Å². The van der Waals surface area contributed by atoms with Crippen molar-refractivity contribution in [3.63, 3.8) is 0 Å². The van der Waals surface area contributed by atoms with Crippen LogP contribution in [0, 0.1) is 6.92 Å². The van der Waals surface area contributed by atoms with Crippen LogP contribution >= 0.6 is 0 Å². The summed E-state index contributed by atoms with van der Waals surface area (Å²) in [5, 5.41) is 0. The number of carbonyl (C=O) groups excluding carboxylic acids is 1. The number of alkyl halides is 2. The number of hydrogen-bond acceptors (Lipinski definition) is 5. The van der Waals surface area contributed by atoms with Crippen LogP contribution in [0.1, 0.15) is 60.6 Å². The van der Waals surface area contributed by atoms with Gasteiger partial charge in [-0.2, -0.15) is 13.1 Å². The predicted octanol–water partition coefficient (Wildman–Crippen LogP) is 4.83. The topological polar surface area (TPSA) is 81.5 Å². The molecular formula is C23H25F2N3O4S. The fraction of sp³-hybridized carbons (Fsp3) is 0.391. The number of para-hydroxylation sites is 2. The lowest BCUT2D eigenvalue weighted by molar-refractivity contribution is 0.0233. The lowest BCUT2D eigenvalue weighted by atomic mass is 10.1. The van der Waals surface area contributed by atoms with Gasteiger partial charge in [0.05, 0.1) is 21.5 Å². The summed E-state index contributed by atoms with van der Waals surface area (Å²) in [7, 11) is -3.75. The minimum atomic E-state index is -3.75. The molecule has 0 spiro atoms. The molecule has 1 fully saturated rings. The van der Waals surface area contributed by atoms with E-state index in [0.717, 1.165) is 23.8 Å². The van der Waals surface area contributed by atoms with Crippen LogP contribution in [0.15, 0.2) is 47.4 Å². The highest BCUT2D eigenvalue weighted by Gasteiger charge is 2.29. The maximum atomic E-state index is 13.7. The number of sulfonamides is 1. The molecule has 0 amide bonds. The van der Waals surface area contributed by atoms with E-state index >= 15 is 0 Å². The Balaban J connectivity index is 1.61. The average molecular weight is 478 g/mol. The van der Waals surface area contributed by atoms with Crippen molar-refractivity contribution >= 4 is 27.0 Å². The normalized spacial score (nSPS) is 16.3. The Morgan fingerprint density at radius 1 is 1.09 bits per heavy atom. The van der Waals surface area contributed by atoms with Crippen LogP contribution < -0.4 is 0 Å². The second-order valence-corrected chi connectivity index (χ2v) is 10.0. The molecular weight excluding hydrogens is 452 g/mol. The van der Waals surface area contributed by atoms with Gasteiger partial charge in [0.15, 0.2) is 11.9 Å². The van der Waals surface area contributed by atoms with Gasteiger partial charge >= 0.3 is 12.5 Å². The van der Waals surface area contributed by atoms with E-state index in [1.165, 1.54) is 29.4 Å². The van der Waals surface area contributed by atoms with Gasteiger partial charge < -0.3 is 4.74 Å². The number of esters is 1. The molecule has 0 radical (unpaired) electrons. The average Bonchev–Trinajstić information content (AvgIpc) is 3.20. The Morgan fingerprint density at radius 3 is 2.48 bits per heavy atom. The van der Waals surface area contributed by atoms with Crippen LogP contribution in [-0.4, -0.2) is 41.3 Å². The highest BCUT2D eigenvalue weighted by molar-refractivity contribution is 7.89. The van der Waals surface area contributed by atoms with E-state index in [1.807, 2.05) is 0 Å². The number of aromatic nitrogens is 2. The zero-order valence-electron chi connectivity index (χ0n) is 18.4. The number of ether oxygens (including phenoxy) is 1. The number of imidazole rings is 1. The molecule has 10 heteroatoms. The molecule has 0 bridgehead atoms. The van der Waals surface area contributed by atoms with Crippen LogP contribution in [-0.2, 0) is 14.8 Å². The Kier molecular flexibility index (Phi) is 6.49. The molecule has 1 aromatic heterocycles. The number of hydrogen-bond donors (Lipinski definition) is 0. The molecule has 0 saturated carbocycles. The van der Waals surface area contributed by atoms with Crippen molar-refractivity contribution in [1.29, 1.82) is 0 Å². The minimum Gasteiger partial charge on any atom is -0.451 e. The lowest BCUT2D eigenvalue weighted by Gasteiger charge is -2.26. The van der Waals surface area contributed by atoms with E-state index in [1.54, 1.807) is 31.2 Å². The molecule has 0 aliphatic carbocycles. The number of fused-ring (bicyclic) bond motifs is 1. The summed E-state index contributed by atoms with van der Waals surface area (Å²) in [6.45, 7) is 1.14. The number of nitrogens with zero attached hydrogens (tertiary/aromatic N) is 3. The van der Waals surface area contributed by atoms with E-state index in [2.05, 4.69) is 4.98 Å². The number of halogens is 2. The van der Waals surface area contributed by atoms with Crippen molar-refractivity contribution in [3.8, 4) is 0 Å². The zero-order valence-corrected chi connectivity index (χ0v) is 19.2. The van der Waals surface area contributed by atoms with Crippen LogP contribution in [0.25, 0.3) is 11.0 Å². The second kappa shape index (κ2) is 9.18. The van der Waals surface area contributed by atoms with Gasteiger partial charge in [-0.1, -0.05) is 24.6 Å². The number of piperidine rings is 1. The molecule has 176 valence electrons. The summed E-state index contributed by atoms with van der Waals surface area (Å²) in [5.41, 5.74) is 1.14. The monoisotopic (exact) mass is 477 g/mol.